The molecule has 10 N–H and O–H groups in total. The Morgan fingerprint density at radius 2 is 1.37 bits per heavy atom. The average Bonchev–Trinajstić information content (AvgIpc) is 1.49. The first-order chi connectivity index (χ1) is 38.4. The number of cyclic esters (lactones) is 1. The maximum Gasteiger partial charge on any atom is 0.397 e. The molecule has 9 rings (SSSR count). The zero-order chi connectivity index (χ0) is 60.0. The average molecular weight is 1200 g/mol. The molecular formula is C55H86O26S. The summed E-state index contributed by atoms with van der Waals surface area (Å²) in [4.78, 5) is 27.4. The molecular weight excluding hydrogens is 1110 g/mol. The van der Waals surface area contributed by atoms with Crippen LogP contribution in [-0.2, 0) is 76.3 Å². The van der Waals surface area contributed by atoms with Crippen LogP contribution in [0.25, 0.3) is 0 Å². The summed E-state index contributed by atoms with van der Waals surface area (Å²) < 4.78 is 104. The first-order valence-electron chi connectivity index (χ1n) is 28.5. The van der Waals surface area contributed by atoms with Crippen LogP contribution in [0.15, 0.2) is 23.3 Å². The van der Waals surface area contributed by atoms with Gasteiger partial charge in [-0.1, -0.05) is 51.0 Å². The second-order valence-corrected chi connectivity index (χ2v) is 26.7. The van der Waals surface area contributed by atoms with Gasteiger partial charge in [-0.3, -0.25) is 14.1 Å². The summed E-state index contributed by atoms with van der Waals surface area (Å²) in [6.45, 7) is 13.2. The van der Waals surface area contributed by atoms with Crippen molar-refractivity contribution in [1.29, 1.82) is 0 Å². The van der Waals surface area contributed by atoms with Crippen molar-refractivity contribution in [2.24, 2.45) is 39.4 Å². The molecule has 0 aromatic heterocycles. The third-order valence-corrected chi connectivity index (χ3v) is 20.7. The van der Waals surface area contributed by atoms with Gasteiger partial charge in [0.2, 0.25) is 0 Å². The Balaban J connectivity index is 0.918. The third-order valence-electron chi connectivity index (χ3n) is 20.2. The number of aliphatic hydroxyl groups excluding tert-OH is 9. The molecule has 27 unspecified atom stereocenters. The predicted octanol–water partition coefficient (Wildman–Crippen LogP) is -0.408. The van der Waals surface area contributed by atoms with E-state index in [-0.39, 0.29) is 29.1 Å². The van der Waals surface area contributed by atoms with E-state index in [1.165, 1.54) is 19.6 Å². The topological polar surface area (TPSA) is 381 Å². The van der Waals surface area contributed by atoms with Crippen molar-refractivity contribution in [2.75, 3.05) is 33.5 Å². The zero-order valence-corrected chi connectivity index (χ0v) is 48.6. The molecule has 0 amide bonds. The van der Waals surface area contributed by atoms with Crippen LogP contribution in [0.2, 0.25) is 0 Å². The van der Waals surface area contributed by atoms with E-state index in [0.29, 0.717) is 51.4 Å². The highest BCUT2D eigenvalue weighted by Crippen LogP contribution is 2.77. The van der Waals surface area contributed by atoms with Gasteiger partial charge in [0.25, 0.3) is 0 Å². The molecule has 8 fully saturated rings. The van der Waals surface area contributed by atoms with Gasteiger partial charge in [-0.05, 0) is 94.8 Å². The maximum atomic E-state index is 14.7. The highest BCUT2D eigenvalue weighted by Gasteiger charge is 2.79. The van der Waals surface area contributed by atoms with Crippen molar-refractivity contribution in [3.63, 3.8) is 0 Å². The minimum atomic E-state index is -5.20. The zero-order valence-electron chi connectivity index (χ0n) is 47.8. The number of carbonyl (C=O) groups excluding carboxylic acids is 2. The summed E-state index contributed by atoms with van der Waals surface area (Å²) in [5.74, 6) is -1.04. The van der Waals surface area contributed by atoms with Gasteiger partial charge in [-0.15, -0.1) is 0 Å². The SMILES string of the molecule is COC1C(O)C(CO)OC(OC2C(O)COC(OC3C(CO)OC(OC4C(OC5CCC6(C)C7CCC89C(=O)OC(C)(CCC=C(C)C)C8C(OC(C)=O)CC9(C)C7=CCC6C5(C)C)OCC(OS(=O)(=O)O)C4O)C(O)C3O)C2O)C1O. The van der Waals surface area contributed by atoms with Crippen LogP contribution in [0.5, 0.6) is 0 Å². The summed E-state index contributed by atoms with van der Waals surface area (Å²) in [5, 5.41) is 99.1. The molecule has 3 saturated carbocycles. The van der Waals surface area contributed by atoms with Gasteiger partial charge < -0.3 is 98.1 Å². The Hall–Kier alpha value is -2.43. The number of allylic oxidation sites excluding steroid dienone is 4. The highest BCUT2D eigenvalue weighted by molar-refractivity contribution is 7.80. The van der Waals surface area contributed by atoms with E-state index in [9.17, 15) is 68.5 Å². The van der Waals surface area contributed by atoms with Crippen LogP contribution >= 0.6 is 0 Å². The van der Waals surface area contributed by atoms with E-state index in [0.717, 1.165) is 5.57 Å². The lowest BCUT2D eigenvalue weighted by Crippen LogP contribution is -2.66. The summed E-state index contributed by atoms with van der Waals surface area (Å²) in [6, 6.07) is 0. The van der Waals surface area contributed by atoms with E-state index in [1.54, 1.807) is 0 Å². The largest absolute Gasteiger partial charge is 0.462 e. The van der Waals surface area contributed by atoms with Crippen LogP contribution in [0.1, 0.15) is 107 Å². The van der Waals surface area contributed by atoms with Crippen LogP contribution in [0.3, 0.4) is 0 Å². The first kappa shape index (κ1) is 64.1. The Bertz CT molecular complexity index is 2470. The molecule has 0 aromatic carbocycles. The number of esters is 2. The summed E-state index contributed by atoms with van der Waals surface area (Å²) in [6.07, 6.45) is -22.9. The second kappa shape index (κ2) is 23.9. The molecule has 0 radical (unpaired) electrons. The van der Waals surface area contributed by atoms with Gasteiger partial charge in [0.15, 0.2) is 25.2 Å². The first-order valence-corrected chi connectivity index (χ1v) is 29.8. The fraction of sp³-hybridized carbons (Fsp3) is 0.891. The monoisotopic (exact) mass is 1190 g/mol. The lowest BCUT2D eigenvalue weighted by molar-refractivity contribution is -0.385. The molecule has 26 nitrogen and oxygen atoms in total. The van der Waals surface area contributed by atoms with E-state index < -0.39 is 187 Å². The fourth-order valence-corrected chi connectivity index (χ4v) is 16.8. The maximum absolute atomic E-state index is 14.7. The molecule has 5 saturated heterocycles. The van der Waals surface area contributed by atoms with Crippen molar-refractivity contribution >= 4 is 22.3 Å². The summed E-state index contributed by atoms with van der Waals surface area (Å²) in [7, 11) is -4.00. The number of hydrogen-bond donors (Lipinski definition) is 10. The van der Waals surface area contributed by atoms with E-state index in [2.05, 4.69) is 39.8 Å². The van der Waals surface area contributed by atoms with Gasteiger partial charge in [0, 0.05) is 19.4 Å². The van der Waals surface area contributed by atoms with Crippen LogP contribution < -0.4 is 0 Å². The number of fused-ring (bicyclic) bond motifs is 4. The standard InChI is InChI=1S/C55H86O26S/c1-24(2)11-10-16-54(8)45-29(73-25(3)58)19-53(7)27-12-13-33-51(4,5)34(15-17-52(33,6)26(27)14-18-55(45,53)50(66)80-54)76-49-44(36(61)32(23-72-49)81-82(67,68)69)79-47-38(63)37(62)42(31(21-57)75-47)78-46-39(64)41(28(59)22-71-46)77-48-40(65)43(70-9)35(60)30(20-56)74-48/h11-12,26,28-49,56-57,59-65H,10,13-23H2,1-9H3,(H,67,68,69). The molecule has 4 aliphatic carbocycles. The van der Waals surface area contributed by atoms with Crippen LogP contribution in [0, 0.1) is 39.4 Å². The predicted molar refractivity (Wildman–Crippen MR) is 277 cm³/mol. The van der Waals surface area contributed by atoms with Crippen LogP contribution in [-0.4, -0.2) is 233 Å². The van der Waals surface area contributed by atoms with Gasteiger partial charge in [-0.25, -0.2) is 4.18 Å². The third kappa shape index (κ3) is 11.2. The molecule has 9 aliphatic rings. The number of ether oxygens (including phenoxy) is 11. The Labute approximate surface area is 477 Å². The van der Waals surface area contributed by atoms with E-state index in [1.807, 2.05) is 20.8 Å². The minimum absolute atomic E-state index is 0.0232. The van der Waals surface area contributed by atoms with Gasteiger partial charge in [0.05, 0.1) is 43.9 Å². The molecule has 27 atom stereocenters. The fourth-order valence-electron chi connectivity index (χ4n) is 16.3. The van der Waals surface area contributed by atoms with Crippen molar-refractivity contribution in [2.45, 2.75) is 235 Å². The molecule has 5 aliphatic heterocycles. The number of hydrogen-bond acceptors (Lipinski definition) is 25. The number of rotatable bonds is 17. The van der Waals surface area contributed by atoms with E-state index >= 15 is 0 Å². The number of aliphatic hydroxyl groups is 9. The minimum Gasteiger partial charge on any atom is -0.462 e. The summed E-state index contributed by atoms with van der Waals surface area (Å²) >= 11 is 0. The number of carbonyl (C=O) groups is 2. The number of methoxy groups -OCH3 is 1. The lowest BCUT2D eigenvalue weighted by atomic mass is 9.41. The molecule has 1 spiro atoms. The molecule has 0 bridgehead atoms. The second-order valence-electron chi connectivity index (χ2n) is 25.6. The smallest absolute Gasteiger partial charge is 0.397 e. The van der Waals surface area contributed by atoms with Gasteiger partial charge >= 0.3 is 22.3 Å². The van der Waals surface area contributed by atoms with Gasteiger partial charge in [-0.2, -0.15) is 8.42 Å². The molecule has 27 heteroatoms. The Morgan fingerprint density at radius 3 is 2.01 bits per heavy atom. The van der Waals surface area contributed by atoms with Crippen molar-refractivity contribution in [1.82, 2.24) is 0 Å². The quantitative estimate of drug-likeness (QED) is 0.0503. The van der Waals surface area contributed by atoms with Crippen molar-refractivity contribution in [3.8, 4) is 0 Å². The van der Waals surface area contributed by atoms with Crippen molar-refractivity contribution < 1.29 is 125 Å². The molecule has 0 aromatic rings. The normalized spacial score (nSPS) is 49.1. The highest BCUT2D eigenvalue weighted by atomic mass is 32.3. The molecule has 468 valence electrons. The van der Waals surface area contributed by atoms with Gasteiger partial charge in [0.1, 0.15) is 97.2 Å². The van der Waals surface area contributed by atoms with Crippen molar-refractivity contribution in [3.05, 3.63) is 23.3 Å². The molecule has 82 heavy (non-hydrogen) atoms. The molecule has 5 heterocycles. The van der Waals surface area contributed by atoms with E-state index in [4.69, 9.17) is 56.3 Å². The Morgan fingerprint density at radius 1 is 0.732 bits per heavy atom. The lowest BCUT2D eigenvalue weighted by Gasteiger charge is -2.64. The Kier molecular flexibility index (Phi) is 18.7. The van der Waals surface area contributed by atoms with Crippen LogP contribution in [0.4, 0.5) is 0 Å². The summed E-state index contributed by atoms with van der Waals surface area (Å²) in [5.41, 5.74) is -1.15.